The lowest BCUT2D eigenvalue weighted by molar-refractivity contribution is 0.0933. The number of likely N-dealkylation sites (tertiary alicyclic amines) is 1. The number of hydrogen-bond acceptors (Lipinski definition) is 5. The summed E-state index contributed by atoms with van der Waals surface area (Å²) in [5.41, 5.74) is 3.96. The van der Waals surface area contributed by atoms with E-state index in [-0.39, 0.29) is 5.41 Å². The molecule has 0 amide bonds. The molecule has 0 radical (unpaired) electrons. The van der Waals surface area contributed by atoms with Crippen molar-refractivity contribution in [3.8, 4) is 11.5 Å². The van der Waals surface area contributed by atoms with Crippen LogP contribution in [0.2, 0.25) is 0 Å². The standard InChI is InChI=1S/C29H43N3O2/c1-20(2)28(30-16-25-13-22-9-10-27(34)14-23(22)18-31(25)5)19-32-12-11-29(4,21(3)17-32)24-7-6-8-26(33)15-24/h6-10,14-15,20-21,25,28,30,33-34H,11-13,16-19H2,1-5H3/t21-,25?,28+,29+/m0/s1. The number of phenolic OH excluding ortho intramolecular Hbond substituents is 2. The summed E-state index contributed by atoms with van der Waals surface area (Å²) < 4.78 is 0. The van der Waals surface area contributed by atoms with Gasteiger partial charge in [-0.3, -0.25) is 4.90 Å². The van der Waals surface area contributed by atoms with Gasteiger partial charge < -0.3 is 20.4 Å². The number of fused-ring (bicyclic) bond motifs is 1. The summed E-state index contributed by atoms with van der Waals surface area (Å²) in [6, 6.07) is 14.6. The van der Waals surface area contributed by atoms with Crippen LogP contribution in [0.3, 0.4) is 0 Å². The van der Waals surface area contributed by atoms with Crippen LogP contribution in [0.15, 0.2) is 42.5 Å². The highest BCUT2D eigenvalue weighted by Gasteiger charge is 2.38. The molecule has 0 aliphatic carbocycles. The first-order valence-electron chi connectivity index (χ1n) is 12.9. The molecule has 1 unspecified atom stereocenters. The van der Waals surface area contributed by atoms with Crippen LogP contribution in [0.1, 0.15) is 50.8 Å². The fraction of sp³-hybridized carbons (Fsp3) is 0.586. The van der Waals surface area contributed by atoms with Crippen molar-refractivity contribution in [2.45, 2.75) is 64.6 Å². The van der Waals surface area contributed by atoms with Crippen molar-refractivity contribution in [3.05, 3.63) is 59.2 Å². The fourth-order valence-corrected chi connectivity index (χ4v) is 5.84. The van der Waals surface area contributed by atoms with Crippen LogP contribution in [0.25, 0.3) is 0 Å². The third-order valence-corrected chi connectivity index (χ3v) is 8.64. The van der Waals surface area contributed by atoms with Crippen molar-refractivity contribution in [3.63, 3.8) is 0 Å². The molecule has 4 rings (SSSR count). The van der Waals surface area contributed by atoms with Crippen LogP contribution < -0.4 is 5.32 Å². The number of likely N-dealkylation sites (N-methyl/N-ethyl adjacent to an activating group) is 1. The first kappa shape index (κ1) is 25.0. The van der Waals surface area contributed by atoms with Gasteiger partial charge >= 0.3 is 0 Å². The van der Waals surface area contributed by atoms with E-state index in [9.17, 15) is 10.2 Å². The molecule has 1 fully saturated rings. The molecule has 5 nitrogen and oxygen atoms in total. The minimum Gasteiger partial charge on any atom is -0.508 e. The van der Waals surface area contributed by atoms with Gasteiger partial charge in [0.2, 0.25) is 0 Å². The molecule has 2 aromatic carbocycles. The maximum atomic E-state index is 9.99. The molecule has 3 N–H and O–H groups in total. The van der Waals surface area contributed by atoms with Crippen LogP contribution in [-0.4, -0.2) is 65.3 Å². The van der Waals surface area contributed by atoms with Crippen molar-refractivity contribution < 1.29 is 10.2 Å². The third kappa shape index (κ3) is 5.42. The molecule has 186 valence electrons. The summed E-state index contributed by atoms with van der Waals surface area (Å²) in [6.07, 6.45) is 2.13. The van der Waals surface area contributed by atoms with E-state index in [4.69, 9.17) is 0 Å². The topological polar surface area (TPSA) is 59.0 Å². The molecule has 0 spiro atoms. The van der Waals surface area contributed by atoms with E-state index in [0.717, 1.165) is 45.6 Å². The Balaban J connectivity index is 1.35. The zero-order valence-corrected chi connectivity index (χ0v) is 21.6. The molecule has 0 aromatic heterocycles. The lowest BCUT2D eigenvalue weighted by atomic mass is 9.68. The van der Waals surface area contributed by atoms with Gasteiger partial charge in [0.25, 0.3) is 0 Å². The van der Waals surface area contributed by atoms with Gasteiger partial charge in [-0.25, -0.2) is 0 Å². The molecule has 34 heavy (non-hydrogen) atoms. The van der Waals surface area contributed by atoms with Gasteiger partial charge in [-0.05, 0) is 84.6 Å². The van der Waals surface area contributed by atoms with Crippen molar-refractivity contribution in [2.75, 3.05) is 33.2 Å². The number of nitrogens with one attached hydrogen (secondary N) is 1. The number of rotatable bonds is 7. The minimum atomic E-state index is 0.0998. The number of aromatic hydroxyl groups is 2. The Morgan fingerprint density at radius 1 is 1.09 bits per heavy atom. The monoisotopic (exact) mass is 465 g/mol. The Labute approximate surface area is 205 Å². The smallest absolute Gasteiger partial charge is 0.115 e. The Morgan fingerprint density at radius 3 is 2.56 bits per heavy atom. The number of benzene rings is 2. The highest BCUT2D eigenvalue weighted by Crippen LogP contribution is 2.40. The average Bonchev–Trinajstić information content (AvgIpc) is 2.79. The van der Waals surface area contributed by atoms with E-state index in [1.54, 1.807) is 6.07 Å². The van der Waals surface area contributed by atoms with E-state index in [1.807, 2.05) is 24.3 Å². The molecule has 0 saturated carbocycles. The van der Waals surface area contributed by atoms with Gasteiger partial charge in [0.15, 0.2) is 0 Å². The summed E-state index contributed by atoms with van der Waals surface area (Å²) >= 11 is 0. The Kier molecular flexibility index (Phi) is 7.56. The van der Waals surface area contributed by atoms with E-state index in [1.165, 1.54) is 16.7 Å². The summed E-state index contributed by atoms with van der Waals surface area (Å²) in [4.78, 5) is 5.05. The molecule has 0 bridgehead atoms. The lowest BCUT2D eigenvalue weighted by Crippen LogP contribution is -2.54. The number of nitrogens with zero attached hydrogens (tertiary/aromatic N) is 2. The molecular weight excluding hydrogens is 422 g/mol. The molecule has 2 aliphatic heterocycles. The molecule has 2 aliphatic rings. The average molecular weight is 466 g/mol. The fourth-order valence-electron chi connectivity index (χ4n) is 5.84. The minimum absolute atomic E-state index is 0.0998. The summed E-state index contributed by atoms with van der Waals surface area (Å²) in [7, 11) is 2.19. The Hall–Kier alpha value is -2.08. The summed E-state index contributed by atoms with van der Waals surface area (Å²) in [6.45, 7) is 14.5. The predicted octanol–water partition coefficient (Wildman–Crippen LogP) is 4.37. The Bertz CT molecular complexity index is 978. The van der Waals surface area contributed by atoms with Crippen molar-refractivity contribution in [1.29, 1.82) is 0 Å². The quantitative estimate of drug-likeness (QED) is 0.567. The van der Waals surface area contributed by atoms with Crippen molar-refractivity contribution >= 4 is 0 Å². The molecule has 5 heteroatoms. The zero-order chi connectivity index (χ0) is 24.5. The first-order valence-corrected chi connectivity index (χ1v) is 12.9. The van der Waals surface area contributed by atoms with Crippen LogP contribution in [0.4, 0.5) is 0 Å². The van der Waals surface area contributed by atoms with Gasteiger partial charge in [-0.2, -0.15) is 0 Å². The zero-order valence-electron chi connectivity index (χ0n) is 21.6. The van der Waals surface area contributed by atoms with Gasteiger partial charge in [0.1, 0.15) is 11.5 Å². The third-order valence-electron chi connectivity index (χ3n) is 8.64. The number of hydrogen-bond donors (Lipinski definition) is 3. The van der Waals surface area contributed by atoms with Crippen molar-refractivity contribution in [1.82, 2.24) is 15.1 Å². The Morgan fingerprint density at radius 2 is 1.85 bits per heavy atom. The maximum absolute atomic E-state index is 9.99. The predicted molar refractivity (Wildman–Crippen MR) is 139 cm³/mol. The van der Waals surface area contributed by atoms with Gasteiger partial charge in [0.05, 0.1) is 0 Å². The van der Waals surface area contributed by atoms with Gasteiger partial charge in [-0.15, -0.1) is 0 Å². The molecule has 1 saturated heterocycles. The highest BCUT2D eigenvalue weighted by atomic mass is 16.3. The van der Waals surface area contributed by atoms with Crippen LogP contribution >= 0.6 is 0 Å². The van der Waals surface area contributed by atoms with E-state index >= 15 is 0 Å². The maximum Gasteiger partial charge on any atom is 0.115 e. The first-order chi connectivity index (χ1) is 16.2. The molecule has 2 heterocycles. The summed E-state index contributed by atoms with van der Waals surface area (Å²) in [5.74, 6) is 1.81. The second-order valence-corrected chi connectivity index (χ2v) is 11.4. The highest BCUT2D eigenvalue weighted by molar-refractivity contribution is 5.37. The second kappa shape index (κ2) is 10.3. The van der Waals surface area contributed by atoms with Gasteiger partial charge in [-0.1, -0.05) is 45.9 Å². The second-order valence-electron chi connectivity index (χ2n) is 11.4. The number of piperidine rings is 1. The van der Waals surface area contributed by atoms with E-state index in [2.05, 4.69) is 62.0 Å². The molecule has 4 atom stereocenters. The largest absolute Gasteiger partial charge is 0.508 e. The van der Waals surface area contributed by atoms with Crippen LogP contribution in [-0.2, 0) is 18.4 Å². The van der Waals surface area contributed by atoms with Gasteiger partial charge in [0, 0.05) is 38.3 Å². The molecule has 2 aromatic rings. The molecular formula is C29H43N3O2. The van der Waals surface area contributed by atoms with Crippen molar-refractivity contribution in [2.24, 2.45) is 11.8 Å². The van der Waals surface area contributed by atoms with Crippen LogP contribution in [0.5, 0.6) is 11.5 Å². The number of phenols is 2. The summed E-state index contributed by atoms with van der Waals surface area (Å²) in [5, 5.41) is 23.7. The van der Waals surface area contributed by atoms with E-state index in [0.29, 0.717) is 35.4 Å². The lowest BCUT2D eigenvalue weighted by Gasteiger charge is -2.46. The SMILES string of the molecule is CC(C)[C@@H](CN1CC[C@@](C)(c2cccc(O)c2)[C@@H](C)C1)NCC1Cc2ccc(O)cc2CN1C. The van der Waals surface area contributed by atoms with Crippen LogP contribution in [0, 0.1) is 11.8 Å². The normalized spacial score (nSPS) is 27.0. The van der Waals surface area contributed by atoms with E-state index < -0.39 is 0 Å².